The van der Waals surface area contributed by atoms with Crippen molar-refractivity contribution >= 4 is 34.8 Å². The first kappa shape index (κ1) is 20.0. The van der Waals surface area contributed by atoms with Gasteiger partial charge in [-0.3, -0.25) is 9.59 Å². The van der Waals surface area contributed by atoms with Gasteiger partial charge in [0.2, 0.25) is 11.7 Å². The average molecular weight is 425 g/mol. The first-order valence-corrected chi connectivity index (χ1v) is 10.2. The lowest BCUT2D eigenvalue weighted by molar-refractivity contribution is -0.120. The van der Waals surface area contributed by atoms with Crippen molar-refractivity contribution in [2.24, 2.45) is 0 Å². The van der Waals surface area contributed by atoms with Crippen LogP contribution in [-0.4, -0.2) is 38.6 Å². The van der Waals surface area contributed by atoms with Gasteiger partial charge in [0.15, 0.2) is 6.04 Å². The maximum Gasteiger partial charge on any atom is 0.251 e. The Labute approximate surface area is 178 Å². The van der Waals surface area contributed by atoms with Crippen molar-refractivity contribution in [2.75, 3.05) is 16.8 Å². The smallest absolute Gasteiger partial charge is 0.251 e. The third kappa shape index (κ3) is 4.18. The summed E-state index contributed by atoms with van der Waals surface area (Å²) in [6.07, 6.45) is 1.90. The molecule has 1 unspecified atom stereocenters. The monoisotopic (exact) mass is 424 g/mol. The van der Waals surface area contributed by atoms with Gasteiger partial charge < -0.3 is 10.2 Å². The molecule has 1 N–H and O–H groups in total. The van der Waals surface area contributed by atoms with Gasteiger partial charge in [-0.05, 0) is 60.5 Å². The van der Waals surface area contributed by atoms with Crippen LogP contribution in [0.25, 0.3) is 11.4 Å². The van der Waals surface area contributed by atoms with E-state index in [1.165, 1.54) is 4.80 Å². The van der Waals surface area contributed by atoms with Gasteiger partial charge in [0.1, 0.15) is 0 Å². The zero-order chi connectivity index (χ0) is 21.1. The zero-order valence-electron chi connectivity index (χ0n) is 16.5. The highest BCUT2D eigenvalue weighted by Crippen LogP contribution is 2.25. The van der Waals surface area contributed by atoms with Crippen LogP contribution in [0.4, 0.5) is 11.4 Å². The quantitative estimate of drug-likeness (QED) is 0.651. The molecule has 0 radical (unpaired) electrons. The number of benzene rings is 2. The van der Waals surface area contributed by atoms with E-state index >= 15 is 0 Å². The minimum absolute atomic E-state index is 0.103. The van der Waals surface area contributed by atoms with Crippen molar-refractivity contribution < 1.29 is 9.59 Å². The first-order chi connectivity index (χ1) is 14.5. The number of hydrogen-bond donors (Lipinski definition) is 1. The summed E-state index contributed by atoms with van der Waals surface area (Å²) in [5.41, 5.74) is 2.17. The fourth-order valence-electron chi connectivity index (χ4n) is 3.42. The van der Waals surface area contributed by atoms with E-state index in [1.54, 1.807) is 35.2 Å². The Morgan fingerprint density at radius 3 is 2.73 bits per heavy atom. The topological polar surface area (TPSA) is 93.0 Å². The van der Waals surface area contributed by atoms with Crippen LogP contribution >= 0.6 is 11.6 Å². The highest BCUT2D eigenvalue weighted by atomic mass is 35.5. The lowest BCUT2D eigenvalue weighted by Gasteiger charge is -2.18. The van der Waals surface area contributed by atoms with Crippen molar-refractivity contribution in [3.8, 4) is 11.4 Å². The second-order valence-electron chi connectivity index (χ2n) is 7.05. The maximum atomic E-state index is 12.9. The molecule has 1 aliphatic rings. The molecule has 3 aromatic rings. The lowest BCUT2D eigenvalue weighted by Crippen LogP contribution is -2.28. The molecule has 4 rings (SSSR count). The third-order valence-corrected chi connectivity index (χ3v) is 5.25. The Bertz CT molecular complexity index is 1070. The minimum atomic E-state index is -0.615. The maximum absolute atomic E-state index is 12.9. The second kappa shape index (κ2) is 8.62. The summed E-state index contributed by atoms with van der Waals surface area (Å²) >= 11 is 5.92. The molecule has 0 spiro atoms. The number of rotatable bonds is 6. The molecule has 1 saturated heterocycles. The first-order valence-electron chi connectivity index (χ1n) is 9.82. The molecule has 8 nitrogen and oxygen atoms in total. The molecule has 0 bridgehead atoms. The SMILES string of the molecule is CCC(C(=O)Nc1cccc(N2CCCC2=O)c1)n1nnc(-c2ccc(Cl)cc2)n1. The molecule has 1 aliphatic heterocycles. The van der Waals surface area contributed by atoms with Gasteiger partial charge in [-0.25, -0.2) is 0 Å². The van der Waals surface area contributed by atoms with E-state index in [0.29, 0.717) is 35.9 Å². The number of aromatic nitrogens is 4. The number of nitrogens with zero attached hydrogens (tertiary/aromatic N) is 5. The Balaban J connectivity index is 1.50. The fourth-order valence-corrected chi connectivity index (χ4v) is 3.55. The number of halogens is 1. The number of carbonyl (C=O) groups excluding carboxylic acids is 2. The number of carbonyl (C=O) groups is 2. The van der Waals surface area contributed by atoms with E-state index in [9.17, 15) is 9.59 Å². The number of hydrogen-bond acceptors (Lipinski definition) is 5. The summed E-state index contributed by atoms with van der Waals surface area (Å²) in [6.45, 7) is 2.58. The van der Waals surface area contributed by atoms with E-state index in [1.807, 2.05) is 25.1 Å². The van der Waals surface area contributed by atoms with Gasteiger partial charge in [0.25, 0.3) is 5.91 Å². The van der Waals surface area contributed by atoms with Gasteiger partial charge >= 0.3 is 0 Å². The summed E-state index contributed by atoms with van der Waals surface area (Å²) in [6, 6.07) is 13.8. The summed E-state index contributed by atoms with van der Waals surface area (Å²) in [5.74, 6) is 0.279. The van der Waals surface area contributed by atoms with Crippen molar-refractivity contribution in [1.29, 1.82) is 0 Å². The fraction of sp³-hybridized carbons (Fsp3) is 0.286. The van der Waals surface area contributed by atoms with Crippen LogP contribution in [0.5, 0.6) is 0 Å². The Hall–Kier alpha value is -3.26. The molecule has 154 valence electrons. The van der Waals surface area contributed by atoms with Crippen LogP contribution < -0.4 is 10.2 Å². The molecule has 1 aromatic heterocycles. The van der Waals surface area contributed by atoms with E-state index < -0.39 is 6.04 Å². The van der Waals surface area contributed by atoms with Gasteiger partial charge in [-0.2, -0.15) is 4.80 Å². The third-order valence-electron chi connectivity index (χ3n) is 5.00. The Morgan fingerprint density at radius 1 is 1.23 bits per heavy atom. The van der Waals surface area contributed by atoms with Gasteiger partial charge in [0, 0.05) is 34.9 Å². The van der Waals surface area contributed by atoms with Crippen molar-refractivity contribution in [3.05, 3.63) is 53.6 Å². The number of amides is 2. The molecular formula is C21H21ClN6O2. The molecule has 2 amide bonds. The molecule has 2 aromatic carbocycles. The predicted octanol–water partition coefficient (Wildman–Crippen LogP) is 3.71. The van der Waals surface area contributed by atoms with Crippen LogP contribution in [0.3, 0.4) is 0 Å². The molecule has 1 atom stereocenters. The van der Waals surface area contributed by atoms with Crippen molar-refractivity contribution in [3.63, 3.8) is 0 Å². The van der Waals surface area contributed by atoms with Gasteiger partial charge in [-0.1, -0.05) is 24.6 Å². The number of anilines is 2. The lowest BCUT2D eigenvalue weighted by atomic mass is 10.2. The molecule has 9 heteroatoms. The Morgan fingerprint density at radius 2 is 2.03 bits per heavy atom. The highest BCUT2D eigenvalue weighted by molar-refractivity contribution is 6.30. The Kier molecular flexibility index (Phi) is 5.76. The molecule has 1 fully saturated rings. The summed E-state index contributed by atoms with van der Waals surface area (Å²) < 4.78 is 0. The normalized spacial score (nSPS) is 14.7. The van der Waals surface area contributed by atoms with Crippen molar-refractivity contribution in [2.45, 2.75) is 32.2 Å². The molecule has 2 heterocycles. The molecule has 0 saturated carbocycles. The van der Waals surface area contributed by atoms with Crippen LogP contribution in [0, 0.1) is 0 Å². The standard InChI is InChI=1S/C21H21ClN6O2/c1-2-18(28-25-20(24-26-28)14-8-10-15(22)11-9-14)21(30)23-16-5-3-6-17(13-16)27-12-4-7-19(27)29/h3,5-6,8-11,13,18H,2,4,7,12H2,1H3,(H,23,30). The molecule has 30 heavy (non-hydrogen) atoms. The van der Waals surface area contributed by atoms with Crippen LogP contribution in [0.1, 0.15) is 32.2 Å². The van der Waals surface area contributed by atoms with Crippen LogP contribution in [0.15, 0.2) is 48.5 Å². The average Bonchev–Trinajstić information content (AvgIpc) is 3.39. The van der Waals surface area contributed by atoms with Crippen molar-refractivity contribution in [1.82, 2.24) is 20.2 Å². The molecular weight excluding hydrogens is 404 g/mol. The summed E-state index contributed by atoms with van der Waals surface area (Å²) in [4.78, 5) is 28.0. The number of nitrogens with one attached hydrogen (secondary N) is 1. The molecule has 0 aliphatic carbocycles. The van der Waals surface area contributed by atoms with Crippen LogP contribution in [0.2, 0.25) is 5.02 Å². The summed E-state index contributed by atoms with van der Waals surface area (Å²) in [7, 11) is 0. The highest BCUT2D eigenvalue weighted by Gasteiger charge is 2.24. The van der Waals surface area contributed by atoms with Crippen LogP contribution in [-0.2, 0) is 9.59 Å². The zero-order valence-corrected chi connectivity index (χ0v) is 17.2. The van der Waals surface area contributed by atoms with E-state index in [4.69, 9.17) is 11.6 Å². The number of tetrazole rings is 1. The minimum Gasteiger partial charge on any atom is -0.324 e. The van der Waals surface area contributed by atoms with E-state index in [2.05, 4.69) is 20.7 Å². The predicted molar refractivity (Wildman–Crippen MR) is 114 cm³/mol. The van der Waals surface area contributed by atoms with Gasteiger partial charge in [-0.15, -0.1) is 10.2 Å². The summed E-state index contributed by atoms with van der Waals surface area (Å²) in [5, 5.41) is 16.0. The second-order valence-corrected chi connectivity index (χ2v) is 7.49. The van der Waals surface area contributed by atoms with Gasteiger partial charge in [0.05, 0.1) is 0 Å². The van der Waals surface area contributed by atoms with E-state index in [-0.39, 0.29) is 11.8 Å². The largest absolute Gasteiger partial charge is 0.324 e. The van der Waals surface area contributed by atoms with E-state index in [0.717, 1.165) is 17.7 Å².